The summed E-state index contributed by atoms with van der Waals surface area (Å²) in [5, 5.41) is 2.42. The predicted octanol–water partition coefficient (Wildman–Crippen LogP) is 0.463. The van der Waals surface area contributed by atoms with Crippen molar-refractivity contribution in [1.82, 2.24) is 9.62 Å². The van der Waals surface area contributed by atoms with Crippen LogP contribution in [0.5, 0.6) is 0 Å². The highest BCUT2D eigenvalue weighted by Gasteiger charge is 2.25. The standard InChI is InChI=1S/C13H21N3O3S/c1-4-16(9-13(17)15-3)20(18,19)12-7-5-6-11(8-12)10(2)14/h5-8,10H,4,9,14H2,1-3H3,(H,15,17). The van der Waals surface area contributed by atoms with Crippen molar-refractivity contribution in [2.24, 2.45) is 5.73 Å². The minimum atomic E-state index is -3.70. The maximum Gasteiger partial charge on any atom is 0.243 e. The predicted molar refractivity (Wildman–Crippen MR) is 77.5 cm³/mol. The fourth-order valence-corrected chi connectivity index (χ4v) is 3.17. The van der Waals surface area contributed by atoms with E-state index in [-0.39, 0.29) is 29.9 Å². The van der Waals surface area contributed by atoms with Gasteiger partial charge in [0.15, 0.2) is 0 Å². The van der Waals surface area contributed by atoms with E-state index in [1.807, 2.05) is 0 Å². The van der Waals surface area contributed by atoms with E-state index in [0.29, 0.717) is 0 Å². The van der Waals surface area contributed by atoms with Gasteiger partial charge in [0.25, 0.3) is 0 Å². The molecule has 1 atom stereocenters. The van der Waals surface area contributed by atoms with Gasteiger partial charge in [-0.25, -0.2) is 8.42 Å². The van der Waals surface area contributed by atoms with Gasteiger partial charge in [0.2, 0.25) is 15.9 Å². The fraction of sp³-hybridized carbons (Fsp3) is 0.462. The van der Waals surface area contributed by atoms with Crippen molar-refractivity contribution in [2.75, 3.05) is 20.1 Å². The molecule has 112 valence electrons. The zero-order valence-electron chi connectivity index (χ0n) is 12.0. The van der Waals surface area contributed by atoms with Crippen molar-refractivity contribution in [3.63, 3.8) is 0 Å². The Morgan fingerprint density at radius 2 is 2.10 bits per heavy atom. The summed E-state index contributed by atoms with van der Waals surface area (Å²) in [5.41, 5.74) is 6.50. The molecule has 0 radical (unpaired) electrons. The number of sulfonamides is 1. The Morgan fingerprint density at radius 1 is 1.45 bits per heavy atom. The van der Waals surface area contributed by atoms with Crippen LogP contribution in [-0.4, -0.2) is 38.8 Å². The molecule has 1 aromatic rings. The number of amides is 1. The highest BCUT2D eigenvalue weighted by molar-refractivity contribution is 7.89. The van der Waals surface area contributed by atoms with Gasteiger partial charge in [-0.2, -0.15) is 4.31 Å². The van der Waals surface area contributed by atoms with Crippen molar-refractivity contribution < 1.29 is 13.2 Å². The van der Waals surface area contributed by atoms with E-state index >= 15 is 0 Å². The van der Waals surface area contributed by atoms with Crippen LogP contribution in [0.2, 0.25) is 0 Å². The molecule has 7 heteroatoms. The Kier molecular flexibility index (Phi) is 5.67. The van der Waals surface area contributed by atoms with Crippen LogP contribution in [0.25, 0.3) is 0 Å². The van der Waals surface area contributed by atoms with Crippen LogP contribution in [0.15, 0.2) is 29.2 Å². The molecule has 0 saturated carbocycles. The molecule has 0 fully saturated rings. The molecule has 0 aliphatic heterocycles. The first-order chi connectivity index (χ1) is 9.32. The number of benzene rings is 1. The lowest BCUT2D eigenvalue weighted by molar-refractivity contribution is -0.120. The molecule has 0 heterocycles. The van der Waals surface area contributed by atoms with Crippen LogP contribution in [0.1, 0.15) is 25.5 Å². The molecule has 1 aromatic carbocycles. The molecule has 20 heavy (non-hydrogen) atoms. The summed E-state index contributed by atoms with van der Waals surface area (Å²) in [7, 11) is -2.22. The summed E-state index contributed by atoms with van der Waals surface area (Å²) in [4.78, 5) is 11.5. The number of rotatable bonds is 6. The molecule has 0 spiro atoms. The molecule has 0 aliphatic carbocycles. The van der Waals surface area contributed by atoms with Crippen LogP contribution in [-0.2, 0) is 14.8 Å². The zero-order valence-corrected chi connectivity index (χ0v) is 12.8. The molecule has 1 unspecified atom stereocenters. The van der Waals surface area contributed by atoms with Crippen LogP contribution in [0.4, 0.5) is 0 Å². The summed E-state index contributed by atoms with van der Waals surface area (Å²) < 4.78 is 26.1. The second-order valence-corrected chi connectivity index (χ2v) is 6.40. The summed E-state index contributed by atoms with van der Waals surface area (Å²) in [6, 6.07) is 6.23. The van der Waals surface area contributed by atoms with Gasteiger partial charge in [-0.05, 0) is 24.6 Å². The van der Waals surface area contributed by atoms with E-state index in [4.69, 9.17) is 5.73 Å². The number of nitrogens with two attached hydrogens (primary N) is 1. The molecular weight excluding hydrogens is 278 g/mol. The minimum absolute atomic E-state index is 0.151. The normalized spacial score (nSPS) is 13.2. The van der Waals surface area contributed by atoms with E-state index in [9.17, 15) is 13.2 Å². The number of nitrogens with one attached hydrogen (secondary N) is 1. The highest BCUT2D eigenvalue weighted by atomic mass is 32.2. The summed E-state index contributed by atoms with van der Waals surface area (Å²) in [6.07, 6.45) is 0. The van der Waals surface area contributed by atoms with Crippen molar-refractivity contribution in [3.05, 3.63) is 29.8 Å². The smallest absolute Gasteiger partial charge is 0.243 e. The lowest BCUT2D eigenvalue weighted by Crippen LogP contribution is -2.39. The average Bonchev–Trinajstić information content (AvgIpc) is 2.44. The van der Waals surface area contributed by atoms with Gasteiger partial charge in [-0.1, -0.05) is 19.1 Å². The zero-order chi connectivity index (χ0) is 15.3. The SMILES string of the molecule is CCN(CC(=O)NC)S(=O)(=O)c1cccc(C(C)N)c1. The number of hydrogen-bond donors (Lipinski definition) is 2. The van der Waals surface area contributed by atoms with Crippen LogP contribution >= 0.6 is 0 Å². The van der Waals surface area contributed by atoms with Crippen LogP contribution < -0.4 is 11.1 Å². The third kappa shape index (κ3) is 3.78. The Labute approximate surface area is 120 Å². The third-order valence-corrected chi connectivity index (χ3v) is 4.89. The molecule has 0 saturated heterocycles. The quantitative estimate of drug-likeness (QED) is 0.798. The molecule has 1 amide bonds. The molecular formula is C13H21N3O3S. The van der Waals surface area contributed by atoms with Gasteiger partial charge in [-0.3, -0.25) is 4.79 Å². The maximum atomic E-state index is 12.5. The van der Waals surface area contributed by atoms with Crippen molar-refractivity contribution in [1.29, 1.82) is 0 Å². The van der Waals surface area contributed by atoms with E-state index < -0.39 is 10.0 Å². The van der Waals surface area contributed by atoms with Gasteiger partial charge < -0.3 is 11.1 Å². The first-order valence-corrected chi connectivity index (χ1v) is 7.83. The van der Waals surface area contributed by atoms with Gasteiger partial charge in [0.05, 0.1) is 11.4 Å². The second kappa shape index (κ2) is 6.83. The molecule has 1 rings (SSSR count). The minimum Gasteiger partial charge on any atom is -0.358 e. The molecule has 0 aromatic heterocycles. The van der Waals surface area contributed by atoms with Crippen LogP contribution in [0.3, 0.4) is 0 Å². The lowest BCUT2D eigenvalue weighted by Gasteiger charge is -2.20. The summed E-state index contributed by atoms with van der Waals surface area (Å²) in [5.74, 6) is -0.348. The van der Waals surface area contributed by atoms with Crippen LogP contribution in [0, 0.1) is 0 Å². The van der Waals surface area contributed by atoms with Gasteiger partial charge in [0, 0.05) is 19.6 Å². The first-order valence-electron chi connectivity index (χ1n) is 6.39. The van der Waals surface area contributed by atoms with Gasteiger partial charge in [0.1, 0.15) is 0 Å². The number of likely N-dealkylation sites (N-methyl/N-ethyl adjacent to an activating group) is 2. The first kappa shape index (κ1) is 16.6. The summed E-state index contributed by atoms with van der Waals surface area (Å²) in [6.45, 7) is 3.50. The van der Waals surface area contributed by atoms with E-state index in [1.165, 1.54) is 13.1 Å². The van der Waals surface area contributed by atoms with E-state index in [2.05, 4.69) is 5.32 Å². The summed E-state index contributed by atoms with van der Waals surface area (Å²) >= 11 is 0. The average molecular weight is 299 g/mol. The van der Waals surface area contributed by atoms with E-state index in [0.717, 1.165) is 9.87 Å². The number of hydrogen-bond acceptors (Lipinski definition) is 4. The van der Waals surface area contributed by atoms with Crippen molar-refractivity contribution in [2.45, 2.75) is 24.8 Å². The number of nitrogens with zero attached hydrogens (tertiary/aromatic N) is 1. The van der Waals surface area contributed by atoms with Gasteiger partial charge in [-0.15, -0.1) is 0 Å². The monoisotopic (exact) mass is 299 g/mol. The largest absolute Gasteiger partial charge is 0.358 e. The maximum absolute atomic E-state index is 12.5. The van der Waals surface area contributed by atoms with Crippen molar-refractivity contribution in [3.8, 4) is 0 Å². The molecule has 0 bridgehead atoms. The Hall–Kier alpha value is -1.44. The Balaban J connectivity index is 3.13. The Bertz CT molecular complexity index is 570. The highest BCUT2D eigenvalue weighted by Crippen LogP contribution is 2.19. The molecule has 6 nitrogen and oxygen atoms in total. The van der Waals surface area contributed by atoms with E-state index in [1.54, 1.807) is 32.0 Å². The topological polar surface area (TPSA) is 92.5 Å². The molecule has 3 N–H and O–H groups in total. The number of carbonyl (C=O) groups excluding carboxylic acids is 1. The lowest BCUT2D eigenvalue weighted by atomic mass is 10.1. The molecule has 0 aliphatic rings. The second-order valence-electron chi connectivity index (χ2n) is 4.47. The third-order valence-electron chi connectivity index (χ3n) is 2.97. The van der Waals surface area contributed by atoms with Gasteiger partial charge >= 0.3 is 0 Å². The Morgan fingerprint density at radius 3 is 2.60 bits per heavy atom. The van der Waals surface area contributed by atoms with Crippen molar-refractivity contribution >= 4 is 15.9 Å². The fourth-order valence-electron chi connectivity index (χ4n) is 1.71. The number of carbonyl (C=O) groups is 1.